The molecule has 1 aromatic carbocycles. The highest BCUT2D eigenvalue weighted by molar-refractivity contribution is 6.30. The number of rotatable bonds is 3. The number of ketones is 1. The molecule has 1 unspecified atom stereocenters. The van der Waals surface area contributed by atoms with E-state index >= 15 is 0 Å². The third-order valence-corrected chi connectivity index (χ3v) is 3.06. The standard InChI is InChI=1S/C13H15ClO2/c1-3-4-11(15)12-7-9-6-10(14)5-8(2)13(9)16-12/h5-6,12H,3-4,7H2,1-2H3. The molecule has 0 aromatic heterocycles. The van der Waals surface area contributed by atoms with Crippen LogP contribution in [0.2, 0.25) is 5.02 Å². The van der Waals surface area contributed by atoms with Crippen LogP contribution in [-0.2, 0) is 11.2 Å². The fourth-order valence-electron chi connectivity index (χ4n) is 2.09. The molecule has 1 aromatic rings. The monoisotopic (exact) mass is 238 g/mol. The van der Waals surface area contributed by atoms with Gasteiger partial charge in [-0.2, -0.15) is 0 Å². The average Bonchev–Trinajstić information content (AvgIpc) is 2.62. The highest BCUT2D eigenvalue weighted by atomic mass is 35.5. The van der Waals surface area contributed by atoms with Crippen LogP contribution in [-0.4, -0.2) is 11.9 Å². The van der Waals surface area contributed by atoms with Gasteiger partial charge in [0.2, 0.25) is 0 Å². The molecule has 1 aliphatic heterocycles. The van der Waals surface area contributed by atoms with Crippen LogP contribution in [0.15, 0.2) is 12.1 Å². The number of fused-ring (bicyclic) bond motifs is 1. The summed E-state index contributed by atoms with van der Waals surface area (Å²) in [5.74, 6) is 1.04. The molecule has 1 atom stereocenters. The topological polar surface area (TPSA) is 26.3 Å². The minimum absolute atomic E-state index is 0.189. The maximum absolute atomic E-state index is 11.8. The van der Waals surface area contributed by atoms with E-state index in [1.165, 1.54) is 0 Å². The minimum atomic E-state index is -0.299. The van der Waals surface area contributed by atoms with Gasteiger partial charge < -0.3 is 4.74 Å². The average molecular weight is 239 g/mol. The molecule has 0 saturated carbocycles. The van der Waals surface area contributed by atoms with Crippen molar-refractivity contribution in [2.75, 3.05) is 0 Å². The summed E-state index contributed by atoms with van der Waals surface area (Å²) in [7, 11) is 0. The number of benzene rings is 1. The molecule has 3 heteroatoms. The van der Waals surface area contributed by atoms with Crippen LogP contribution >= 0.6 is 11.6 Å². The Morgan fingerprint density at radius 2 is 2.31 bits per heavy atom. The molecule has 0 saturated heterocycles. The van der Waals surface area contributed by atoms with Gasteiger partial charge in [0.25, 0.3) is 0 Å². The Morgan fingerprint density at radius 1 is 1.56 bits per heavy atom. The molecule has 0 amide bonds. The lowest BCUT2D eigenvalue weighted by molar-refractivity contribution is -0.125. The van der Waals surface area contributed by atoms with Gasteiger partial charge in [0.05, 0.1) is 0 Å². The smallest absolute Gasteiger partial charge is 0.173 e. The number of ether oxygens (including phenoxy) is 1. The third-order valence-electron chi connectivity index (χ3n) is 2.84. The number of carbonyl (C=O) groups excluding carboxylic acids is 1. The fourth-order valence-corrected chi connectivity index (χ4v) is 2.39. The lowest BCUT2D eigenvalue weighted by atomic mass is 10.0. The molecule has 2 rings (SSSR count). The molecule has 86 valence electrons. The van der Waals surface area contributed by atoms with Gasteiger partial charge in [-0.3, -0.25) is 4.79 Å². The first kappa shape index (κ1) is 11.5. The van der Waals surface area contributed by atoms with Crippen LogP contribution in [0.25, 0.3) is 0 Å². The molecule has 0 fully saturated rings. The first-order valence-corrected chi connectivity index (χ1v) is 5.98. The SMILES string of the molecule is CCCC(=O)C1Cc2cc(Cl)cc(C)c2O1. The van der Waals surface area contributed by atoms with Gasteiger partial charge >= 0.3 is 0 Å². The summed E-state index contributed by atoms with van der Waals surface area (Å²) >= 11 is 5.98. The van der Waals surface area contributed by atoms with Gasteiger partial charge in [-0.25, -0.2) is 0 Å². The Bertz CT molecular complexity index is 426. The lowest BCUT2D eigenvalue weighted by Crippen LogP contribution is -2.24. The van der Waals surface area contributed by atoms with Crippen molar-refractivity contribution >= 4 is 17.4 Å². The van der Waals surface area contributed by atoms with Crippen LogP contribution in [0.1, 0.15) is 30.9 Å². The van der Waals surface area contributed by atoms with Crippen LogP contribution in [0.3, 0.4) is 0 Å². The summed E-state index contributed by atoms with van der Waals surface area (Å²) in [5.41, 5.74) is 2.06. The normalized spacial score (nSPS) is 18.1. The Morgan fingerprint density at radius 3 is 3.00 bits per heavy atom. The summed E-state index contributed by atoms with van der Waals surface area (Å²) in [6.45, 7) is 3.96. The zero-order valence-corrected chi connectivity index (χ0v) is 10.3. The summed E-state index contributed by atoms with van der Waals surface area (Å²) in [4.78, 5) is 11.8. The van der Waals surface area contributed by atoms with E-state index in [0.717, 1.165) is 23.3 Å². The number of aryl methyl sites for hydroxylation is 1. The molecule has 1 aliphatic rings. The van der Waals surface area contributed by atoms with Gasteiger partial charge in [-0.15, -0.1) is 0 Å². The molecule has 0 spiro atoms. The van der Waals surface area contributed by atoms with Crippen molar-refractivity contribution in [3.05, 3.63) is 28.3 Å². The Hall–Kier alpha value is -1.02. The number of hydrogen-bond donors (Lipinski definition) is 0. The molecule has 2 nitrogen and oxygen atoms in total. The van der Waals surface area contributed by atoms with Crippen molar-refractivity contribution in [3.8, 4) is 5.75 Å². The predicted molar refractivity (Wildman–Crippen MR) is 64.2 cm³/mol. The highest BCUT2D eigenvalue weighted by Crippen LogP contribution is 2.35. The summed E-state index contributed by atoms with van der Waals surface area (Å²) in [6.07, 6.45) is 1.82. The van der Waals surface area contributed by atoms with Gasteiger partial charge in [0.15, 0.2) is 11.9 Å². The number of carbonyl (C=O) groups is 1. The molecule has 0 N–H and O–H groups in total. The van der Waals surface area contributed by atoms with Gasteiger partial charge in [0.1, 0.15) is 5.75 Å². The zero-order valence-electron chi connectivity index (χ0n) is 9.55. The molecule has 0 radical (unpaired) electrons. The quantitative estimate of drug-likeness (QED) is 0.808. The van der Waals surface area contributed by atoms with E-state index in [2.05, 4.69) is 0 Å². The van der Waals surface area contributed by atoms with Gasteiger partial charge in [-0.05, 0) is 31.0 Å². The first-order valence-electron chi connectivity index (χ1n) is 5.60. The molecule has 1 heterocycles. The largest absolute Gasteiger partial charge is 0.482 e. The number of hydrogen-bond acceptors (Lipinski definition) is 2. The van der Waals surface area contributed by atoms with Crippen molar-refractivity contribution in [2.24, 2.45) is 0 Å². The van der Waals surface area contributed by atoms with E-state index in [4.69, 9.17) is 16.3 Å². The van der Waals surface area contributed by atoms with Crippen molar-refractivity contribution in [1.29, 1.82) is 0 Å². The van der Waals surface area contributed by atoms with Crippen LogP contribution < -0.4 is 4.74 Å². The van der Waals surface area contributed by atoms with E-state index in [9.17, 15) is 4.79 Å². The molecule has 0 bridgehead atoms. The molecule has 0 aliphatic carbocycles. The maximum Gasteiger partial charge on any atom is 0.173 e. The second-order valence-corrected chi connectivity index (χ2v) is 4.67. The number of halogens is 1. The van der Waals surface area contributed by atoms with Crippen molar-refractivity contribution < 1.29 is 9.53 Å². The Balaban J connectivity index is 2.21. The third kappa shape index (κ3) is 2.07. The summed E-state index contributed by atoms with van der Waals surface area (Å²) in [5, 5.41) is 0.712. The van der Waals surface area contributed by atoms with E-state index in [1.54, 1.807) is 0 Å². The van der Waals surface area contributed by atoms with Crippen molar-refractivity contribution in [1.82, 2.24) is 0 Å². The molecule has 16 heavy (non-hydrogen) atoms. The maximum atomic E-state index is 11.8. The minimum Gasteiger partial charge on any atom is -0.482 e. The van der Waals surface area contributed by atoms with Crippen molar-refractivity contribution in [3.63, 3.8) is 0 Å². The van der Waals surface area contributed by atoms with Crippen LogP contribution in [0, 0.1) is 6.92 Å². The van der Waals surface area contributed by atoms with E-state index in [-0.39, 0.29) is 11.9 Å². The van der Waals surface area contributed by atoms with E-state index in [1.807, 2.05) is 26.0 Å². The van der Waals surface area contributed by atoms with E-state index < -0.39 is 0 Å². The zero-order chi connectivity index (χ0) is 11.7. The van der Waals surface area contributed by atoms with Gasteiger partial charge in [-0.1, -0.05) is 18.5 Å². The Kier molecular flexibility index (Phi) is 3.20. The molecular weight excluding hydrogens is 224 g/mol. The summed E-state index contributed by atoms with van der Waals surface area (Å²) in [6, 6.07) is 3.76. The highest BCUT2D eigenvalue weighted by Gasteiger charge is 2.29. The van der Waals surface area contributed by atoms with Crippen LogP contribution in [0.4, 0.5) is 0 Å². The van der Waals surface area contributed by atoms with Crippen LogP contribution in [0.5, 0.6) is 5.75 Å². The first-order chi connectivity index (χ1) is 7.61. The second kappa shape index (κ2) is 4.46. The van der Waals surface area contributed by atoms with Crippen molar-refractivity contribution in [2.45, 2.75) is 39.2 Å². The second-order valence-electron chi connectivity index (χ2n) is 4.24. The molecular formula is C13H15ClO2. The van der Waals surface area contributed by atoms with Gasteiger partial charge in [0, 0.05) is 23.4 Å². The Labute approximate surface area is 101 Å². The number of Topliss-reactive ketones (excluding diaryl/α,β-unsaturated/α-hetero) is 1. The lowest BCUT2D eigenvalue weighted by Gasteiger charge is -2.09. The van der Waals surface area contributed by atoms with E-state index in [0.29, 0.717) is 17.9 Å². The summed E-state index contributed by atoms with van der Waals surface area (Å²) < 4.78 is 5.70. The predicted octanol–water partition coefficient (Wildman–Crippen LogP) is 3.32. The fraction of sp³-hybridized carbons (Fsp3) is 0.462.